The van der Waals surface area contributed by atoms with E-state index in [9.17, 15) is 0 Å². The highest BCUT2D eigenvalue weighted by atomic mass is 15.3. The Kier molecular flexibility index (Phi) is 3.60. The maximum Gasteiger partial charge on any atom is 0.162 e. The lowest BCUT2D eigenvalue weighted by atomic mass is 10.2. The third kappa shape index (κ3) is 2.61. The molecule has 0 amide bonds. The molecule has 0 aliphatic heterocycles. The number of H-pyrrole nitrogens is 1. The Balaban J connectivity index is 1.95. The molecule has 6 heteroatoms. The summed E-state index contributed by atoms with van der Waals surface area (Å²) in [6.45, 7) is 4.18. The highest BCUT2D eigenvalue weighted by molar-refractivity contribution is 5.54. The van der Waals surface area contributed by atoms with Gasteiger partial charge in [0.15, 0.2) is 5.82 Å². The van der Waals surface area contributed by atoms with Gasteiger partial charge in [-0.15, -0.1) is 0 Å². The first-order valence-corrected chi connectivity index (χ1v) is 7.27. The predicted molar refractivity (Wildman–Crippen MR) is 81.3 cm³/mol. The molecule has 3 heterocycles. The fourth-order valence-corrected chi connectivity index (χ4v) is 2.47. The maximum atomic E-state index is 4.46. The van der Waals surface area contributed by atoms with Crippen molar-refractivity contribution < 1.29 is 0 Å². The molecule has 1 N–H and O–H groups in total. The Bertz CT molecular complexity index is 733. The molecule has 6 nitrogen and oxygen atoms in total. The number of nitrogens with zero attached hydrogens (tertiary/aromatic N) is 5. The number of unbranched alkanes of at least 4 members (excludes halogenated alkanes) is 1. The van der Waals surface area contributed by atoms with Crippen molar-refractivity contribution in [1.82, 2.24) is 29.3 Å². The van der Waals surface area contributed by atoms with Gasteiger partial charge < -0.3 is 4.98 Å². The van der Waals surface area contributed by atoms with Crippen LogP contribution in [0.4, 0.5) is 0 Å². The minimum atomic E-state index is 0.862. The van der Waals surface area contributed by atoms with Crippen LogP contribution in [0.15, 0.2) is 24.8 Å². The summed E-state index contributed by atoms with van der Waals surface area (Å²) in [4.78, 5) is 12.3. The van der Waals surface area contributed by atoms with Crippen LogP contribution in [0.1, 0.15) is 31.3 Å². The van der Waals surface area contributed by atoms with E-state index < -0.39 is 0 Å². The number of aromatic nitrogens is 6. The van der Waals surface area contributed by atoms with Gasteiger partial charge in [0.1, 0.15) is 11.5 Å². The second kappa shape index (κ2) is 5.55. The van der Waals surface area contributed by atoms with Crippen LogP contribution >= 0.6 is 0 Å². The van der Waals surface area contributed by atoms with Gasteiger partial charge in [0, 0.05) is 32.1 Å². The molecule has 0 unspecified atom stereocenters. The maximum absolute atomic E-state index is 4.46. The van der Waals surface area contributed by atoms with Gasteiger partial charge in [-0.1, -0.05) is 13.3 Å². The van der Waals surface area contributed by atoms with Gasteiger partial charge >= 0.3 is 0 Å². The Morgan fingerprint density at radius 1 is 1.29 bits per heavy atom. The van der Waals surface area contributed by atoms with Crippen molar-refractivity contribution in [3.63, 3.8) is 0 Å². The van der Waals surface area contributed by atoms with Crippen molar-refractivity contribution in [2.75, 3.05) is 0 Å². The van der Waals surface area contributed by atoms with Crippen LogP contribution in [0.5, 0.6) is 0 Å². The molecule has 0 atom stereocenters. The summed E-state index contributed by atoms with van der Waals surface area (Å²) in [5.41, 5.74) is 2.95. The third-order valence-electron chi connectivity index (χ3n) is 3.52. The number of aromatic amines is 1. The molecule has 0 radical (unpaired) electrons. The van der Waals surface area contributed by atoms with Crippen LogP contribution in [0.3, 0.4) is 0 Å². The number of aryl methyl sites for hydroxylation is 3. The van der Waals surface area contributed by atoms with Crippen molar-refractivity contribution in [2.45, 2.75) is 33.1 Å². The molecule has 3 aromatic heterocycles. The van der Waals surface area contributed by atoms with E-state index in [-0.39, 0.29) is 0 Å². The monoisotopic (exact) mass is 284 g/mol. The first-order chi connectivity index (χ1) is 10.2. The highest BCUT2D eigenvalue weighted by Gasteiger charge is 2.13. The lowest BCUT2D eigenvalue weighted by molar-refractivity contribution is 0.756. The second-order valence-corrected chi connectivity index (χ2v) is 5.24. The van der Waals surface area contributed by atoms with Gasteiger partial charge in [-0.25, -0.2) is 9.97 Å². The number of rotatable bonds is 5. The molecule has 110 valence electrons. The number of hydrogen-bond donors (Lipinski definition) is 1. The Morgan fingerprint density at radius 2 is 2.14 bits per heavy atom. The van der Waals surface area contributed by atoms with Gasteiger partial charge in [0.25, 0.3) is 0 Å². The van der Waals surface area contributed by atoms with Gasteiger partial charge in [0.2, 0.25) is 0 Å². The molecule has 0 saturated carbocycles. The van der Waals surface area contributed by atoms with Crippen molar-refractivity contribution >= 4 is 0 Å². The van der Waals surface area contributed by atoms with Crippen LogP contribution in [-0.4, -0.2) is 29.3 Å². The number of hydrogen-bond acceptors (Lipinski definition) is 3. The average molecular weight is 284 g/mol. The zero-order valence-electron chi connectivity index (χ0n) is 12.7. The fourth-order valence-electron chi connectivity index (χ4n) is 2.47. The van der Waals surface area contributed by atoms with Crippen LogP contribution in [-0.2, 0) is 13.5 Å². The second-order valence-electron chi connectivity index (χ2n) is 5.24. The van der Waals surface area contributed by atoms with Crippen molar-refractivity contribution in [3.8, 4) is 17.2 Å². The minimum absolute atomic E-state index is 0.862. The van der Waals surface area contributed by atoms with E-state index in [0.717, 1.165) is 41.6 Å². The standard InChI is InChI=1S/C15H20N6/c1-4-5-6-14-17-9-12(18-14)15-16-7-8-21(15)13-10-20(3)19-11(13)2/h7-10H,4-6H2,1-3H3,(H,17,18). The average Bonchev–Trinajstić information content (AvgIpc) is 3.15. The zero-order chi connectivity index (χ0) is 14.8. The molecule has 0 fully saturated rings. The summed E-state index contributed by atoms with van der Waals surface area (Å²) >= 11 is 0. The summed E-state index contributed by atoms with van der Waals surface area (Å²) < 4.78 is 3.85. The van der Waals surface area contributed by atoms with E-state index in [4.69, 9.17) is 0 Å². The highest BCUT2D eigenvalue weighted by Crippen LogP contribution is 2.21. The Morgan fingerprint density at radius 3 is 2.86 bits per heavy atom. The van der Waals surface area contributed by atoms with E-state index in [2.05, 4.69) is 27.0 Å². The largest absolute Gasteiger partial charge is 0.339 e. The number of nitrogens with one attached hydrogen (secondary N) is 1. The van der Waals surface area contributed by atoms with Crippen molar-refractivity contribution in [3.05, 3.63) is 36.3 Å². The SMILES string of the molecule is CCCCc1ncc(-c2nccn2-c2cn(C)nc2C)[nH]1. The summed E-state index contributed by atoms with van der Waals surface area (Å²) in [5, 5.41) is 4.39. The summed E-state index contributed by atoms with van der Waals surface area (Å²) in [7, 11) is 1.92. The van der Waals surface area contributed by atoms with E-state index in [1.807, 2.05) is 41.8 Å². The van der Waals surface area contributed by atoms with Gasteiger partial charge in [-0.05, 0) is 13.3 Å². The van der Waals surface area contributed by atoms with Crippen LogP contribution in [0.25, 0.3) is 17.2 Å². The lowest BCUT2D eigenvalue weighted by Gasteiger charge is -2.04. The molecule has 3 rings (SSSR count). The molecule has 21 heavy (non-hydrogen) atoms. The van der Waals surface area contributed by atoms with Crippen molar-refractivity contribution in [2.24, 2.45) is 7.05 Å². The smallest absolute Gasteiger partial charge is 0.162 e. The van der Waals surface area contributed by atoms with Gasteiger partial charge in [0.05, 0.1) is 17.6 Å². The molecular weight excluding hydrogens is 264 g/mol. The topological polar surface area (TPSA) is 64.3 Å². The van der Waals surface area contributed by atoms with E-state index >= 15 is 0 Å². The zero-order valence-corrected chi connectivity index (χ0v) is 12.7. The third-order valence-corrected chi connectivity index (χ3v) is 3.52. The van der Waals surface area contributed by atoms with E-state index in [0.29, 0.717) is 0 Å². The molecule has 0 aromatic carbocycles. The summed E-state index contributed by atoms with van der Waals surface area (Å²) in [5.74, 6) is 1.88. The van der Waals surface area contributed by atoms with E-state index in [1.165, 1.54) is 6.42 Å². The molecule has 0 aliphatic rings. The molecule has 0 spiro atoms. The first-order valence-electron chi connectivity index (χ1n) is 7.27. The normalized spacial score (nSPS) is 11.2. The van der Waals surface area contributed by atoms with Crippen LogP contribution in [0, 0.1) is 6.92 Å². The number of imidazole rings is 2. The van der Waals surface area contributed by atoms with Crippen LogP contribution < -0.4 is 0 Å². The molecule has 0 saturated heterocycles. The Labute approximate surface area is 123 Å². The molecule has 3 aromatic rings. The summed E-state index contributed by atoms with van der Waals surface area (Å²) in [6.07, 6.45) is 10.9. The van der Waals surface area contributed by atoms with Gasteiger partial charge in [-0.2, -0.15) is 5.10 Å². The van der Waals surface area contributed by atoms with Gasteiger partial charge in [-0.3, -0.25) is 9.25 Å². The van der Waals surface area contributed by atoms with E-state index in [1.54, 1.807) is 6.20 Å². The molecule has 0 bridgehead atoms. The molecular formula is C15H20N6. The minimum Gasteiger partial charge on any atom is -0.339 e. The molecule has 0 aliphatic carbocycles. The Hall–Kier alpha value is -2.37. The fraction of sp³-hybridized carbons (Fsp3) is 0.400. The van der Waals surface area contributed by atoms with Crippen LogP contribution in [0.2, 0.25) is 0 Å². The summed E-state index contributed by atoms with van der Waals surface area (Å²) in [6, 6.07) is 0. The first kappa shape index (κ1) is 13.6. The lowest BCUT2D eigenvalue weighted by Crippen LogP contribution is -1.97. The predicted octanol–water partition coefficient (Wildman–Crippen LogP) is 2.65. The quantitative estimate of drug-likeness (QED) is 0.783. The van der Waals surface area contributed by atoms with Crippen molar-refractivity contribution in [1.29, 1.82) is 0 Å².